The highest BCUT2D eigenvalue weighted by molar-refractivity contribution is 6.16. The molecular weight excluding hydrogens is 502 g/mol. The van der Waals surface area contributed by atoms with Crippen LogP contribution < -0.4 is 0 Å². The minimum absolute atomic E-state index is 0.171. The van der Waals surface area contributed by atoms with Crippen molar-refractivity contribution in [2.75, 3.05) is 13.2 Å². The lowest BCUT2D eigenvalue weighted by Gasteiger charge is -2.22. The van der Waals surface area contributed by atoms with E-state index in [0.29, 0.717) is 41.1 Å². The number of pyridine rings is 1. The number of hydrogen-bond donors (Lipinski definition) is 0. The van der Waals surface area contributed by atoms with Crippen molar-refractivity contribution in [3.8, 4) is 0 Å². The van der Waals surface area contributed by atoms with Crippen LogP contribution in [0.2, 0.25) is 0 Å². The van der Waals surface area contributed by atoms with E-state index in [4.69, 9.17) is 14.5 Å². The fourth-order valence-corrected chi connectivity index (χ4v) is 4.87. The van der Waals surface area contributed by atoms with Gasteiger partial charge in [0.05, 0.1) is 23.6 Å². The zero-order valence-corrected chi connectivity index (χ0v) is 22.0. The molecule has 4 heterocycles. The molecular formula is C32H29N5O3. The Kier molecular flexibility index (Phi) is 7.79. The Labute approximate surface area is 232 Å². The SMILES string of the molecule is O=C(c1cc(N=C(c2ccccc2)c2ccccc2)ccn1)c1cn(CCOC2CCCCO2)c2ncncc12. The molecule has 3 aromatic heterocycles. The predicted octanol–water partition coefficient (Wildman–Crippen LogP) is 5.77. The summed E-state index contributed by atoms with van der Waals surface area (Å²) in [6.45, 7) is 1.73. The van der Waals surface area contributed by atoms with Gasteiger partial charge in [0.1, 0.15) is 17.7 Å². The van der Waals surface area contributed by atoms with Gasteiger partial charge in [-0.15, -0.1) is 0 Å². The van der Waals surface area contributed by atoms with Gasteiger partial charge in [-0.2, -0.15) is 0 Å². The number of aliphatic imine (C=N–C) groups is 1. The number of rotatable bonds is 9. The third kappa shape index (κ3) is 5.73. The minimum atomic E-state index is -0.215. The van der Waals surface area contributed by atoms with Crippen LogP contribution >= 0.6 is 0 Å². The van der Waals surface area contributed by atoms with E-state index in [1.54, 1.807) is 24.5 Å². The molecule has 200 valence electrons. The van der Waals surface area contributed by atoms with E-state index in [9.17, 15) is 4.79 Å². The number of fused-ring (bicyclic) bond motifs is 1. The molecule has 1 saturated heterocycles. The topological polar surface area (TPSA) is 91.5 Å². The first-order chi connectivity index (χ1) is 19.8. The van der Waals surface area contributed by atoms with Gasteiger partial charge in [-0.25, -0.2) is 15.0 Å². The van der Waals surface area contributed by atoms with E-state index < -0.39 is 0 Å². The van der Waals surface area contributed by atoms with Gasteiger partial charge in [0, 0.05) is 48.3 Å². The summed E-state index contributed by atoms with van der Waals surface area (Å²) in [7, 11) is 0. The van der Waals surface area contributed by atoms with Crippen LogP contribution in [0, 0.1) is 0 Å². The summed E-state index contributed by atoms with van der Waals surface area (Å²) in [5.41, 5.74) is 4.90. The zero-order chi connectivity index (χ0) is 27.1. The molecule has 0 saturated carbocycles. The maximum Gasteiger partial charge on any atom is 0.213 e. The number of carbonyl (C=O) groups is 1. The van der Waals surface area contributed by atoms with Crippen LogP contribution in [0.5, 0.6) is 0 Å². The number of hydrogen-bond acceptors (Lipinski definition) is 7. The molecule has 2 aromatic carbocycles. The Bertz CT molecular complexity index is 1590. The van der Waals surface area contributed by atoms with E-state index in [-0.39, 0.29) is 12.1 Å². The Morgan fingerprint density at radius 1 is 1.00 bits per heavy atom. The molecule has 0 amide bonds. The fraction of sp³-hybridized carbons (Fsp3) is 0.219. The van der Waals surface area contributed by atoms with Crippen molar-refractivity contribution in [3.63, 3.8) is 0 Å². The molecule has 0 aliphatic carbocycles. The molecule has 1 atom stereocenters. The molecule has 1 aliphatic rings. The molecule has 0 radical (unpaired) electrons. The largest absolute Gasteiger partial charge is 0.353 e. The molecule has 5 aromatic rings. The zero-order valence-electron chi connectivity index (χ0n) is 22.0. The first-order valence-corrected chi connectivity index (χ1v) is 13.5. The van der Waals surface area contributed by atoms with Gasteiger partial charge >= 0.3 is 0 Å². The number of nitrogens with zero attached hydrogens (tertiary/aromatic N) is 5. The summed E-state index contributed by atoms with van der Waals surface area (Å²) in [6, 6.07) is 23.5. The Balaban J connectivity index is 1.29. The Morgan fingerprint density at radius 3 is 2.50 bits per heavy atom. The molecule has 6 rings (SSSR count). The summed E-state index contributed by atoms with van der Waals surface area (Å²) in [5.74, 6) is -0.215. The van der Waals surface area contributed by atoms with Crippen molar-refractivity contribution in [1.29, 1.82) is 0 Å². The van der Waals surface area contributed by atoms with Crippen molar-refractivity contribution >= 4 is 28.2 Å². The average molecular weight is 532 g/mol. The lowest BCUT2D eigenvalue weighted by atomic mass is 10.0. The molecule has 0 N–H and O–H groups in total. The molecule has 1 fully saturated rings. The predicted molar refractivity (Wildman–Crippen MR) is 153 cm³/mol. The van der Waals surface area contributed by atoms with Gasteiger partial charge < -0.3 is 14.0 Å². The quantitative estimate of drug-likeness (QED) is 0.177. The number of benzene rings is 2. The summed E-state index contributed by atoms with van der Waals surface area (Å²) < 4.78 is 13.5. The molecule has 1 unspecified atom stereocenters. The first kappa shape index (κ1) is 25.7. The van der Waals surface area contributed by atoms with Gasteiger partial charge in [0.25, 0.3) is 0 Å². The first-order valence-electron chi connectivity index (χ1n) is 13.5. The second kappa shape index (κ2) is 12.1. The molecule has 0 spiro atoms. The molecule has 1 aliphatic heterocycles. The monoisotopic (exact) mass is 531 g/mol. The van der Waals surface area contributed by atoms with E-state index in [1.807, 2.05) is 71.4 Å². The van der Waals surface area contributed by atoms with Crippen LogP contribution in [0.1, 0.15) is 46.4 Å². The van der Waals surface area contributed by atoms with Crippen LogP contribution in [0.15, 0.2) is 103 Å². The smallest absolute Gasteiger partial charge is 0.213 e. The van der Waals surface area contributed by atoms with Crippen LogP contribution in [0.3, 0.4) is 0 Å². The number of aromatic nitrogens is 4. The Morgan fingerprint density at radius 2 is 1.77 bits per heavy atom. The van der Waals surface area contributed by atoms with Crippen molar-refractivity contribution < 1.29 is 14.3 Å². The third-order valence-electron chi connectivity index (χ3n) is 6.87. The Hall–Kier alpha value is -4.53. The lowest BCUT2D eigenvalue weighted by molar-refractivity contribution is -0.163. The van der Waals surface area contributed by atoms with Gasteiger partial charge in [0.15, 0.2) is 6.29 Å². The summed E-state index contributed by atoms with van der Waals surface area (Å²) >= 11 is 0. The normalized spacial score (nSPS) is 15.2. The summed E-state index contributed by atoms with van der Waals surface area (Å²) in [6.07, 6.45) is 9.50. The van der Waals surface area contributed by atoms with Gasteiger partial charge in [-0.3, -0.25) is 9.78 Å². The average Bonchev–Trinajstić information content (AvgIpc) is 3.39. The maximum absolute atomic E-state index is 13.7. The van der Waals surface area contributed by atoms with Crippen molar-refractivity contribution in [2.45, 2.75) is 32.1 Å². The van der Waals surface area contributed by atoms with E-state index in [1.165, 1.54) is 6.33 Å². The van der Waals surface area contributed by atoms with Crippen molar-refractivity contribution in [2.24, 2.45) is 4.99 Å². The number of ketones is 1. The van der Waals surface area contributed by atoms with E-state index in [0.717, 1.165) is 42.7 Å². The standard InChI is InChI=1S/C32H29N5O3/c38-31(27-21-37(32-26(27)20-33-22-35-32)16-18-40-29-13-7-8-17-39-29)28-19-25(14-15-34-28)36-30(23-9-3-1-4-10-23)24-11-5-2-6-12-24/h1-6,9-12,14-15,19-22,29H,7-8,13,16-18H2. The second-order valence-electron chi connectivity index (χ2n) is 9.58. The van der Waals surface area contributed by atoms with Crippen LogP contribution in [-0.2, 0) is 16.0 Å². The van der Waals surface area contributed by atoms with Crippen molar-refractivity contribution in [3.05, 3.63) is 120 Å². The lowest BCUT2D eigenvalue weighted by Crippen LogP contribution is -2.23. The van der Waals surface area contributed by atoms with Crippen LogP contribution in [0.4, 0.5) is 5.69 Å². The summed E-state index contributed by atoms with van der Waals surface area (Å²) in [5, 5.41) is 0.673. The number of ether oxygens (including phenoxy) is 2. The molecule has 8 heteroatoms. The second-order valence-corrected chi connectivity index (χ2v) is 9.58. The minimum Gasteiger partial charge on any atom is -0.353 e. The molecule has 8 nitrogen and oxygen atoms in total. The molecule has 40 heavy (non-hydrogen) atoms. The van der Waals surface area contributed by atoms with E-state index >= 15 is 0 Å². The van der Waals surface area contributed by atoms with Gasteiger partial charge in [-0.05, 0) is 31.4 Å². The highest BCUT2D eigenvalue weighted by Crippen LogP contribution is 2.24. The number of carbonyl (C=O) groups excluding carboxylic acids is 1. The fourth-order valence-electron chi connectivity index (χ4n) is 4.87. The van der Waals surface area contributed by atoms with Crippen LogP contribution in [0.25, 0.3) is 11.0 Å². The van der Waals surface area contributed by atoms with E-state index in [2.05, 4.69) is 15.0 Å². The third-order valence-corrected chi connectivity index (χ3v) is 6.87. The highest BCUT2D eigenvalue weighted by Gasteiger charge is 2.20. The highest BCUT2D eigenvalue weighted by atomic mass is 16.7. The van der Waals surface area contributed by atoms with Gasteiger partial charge in [0.2, 0.25) is 5.78 Å². The van der Waals surface area contributed by atoms with Crippen LogP contribution in [-0.4, -0.2) is 50.5 Å². The van der Waals surface area contributed by atoms with Crippen molar-refractivity contribution in [1.82, 2.24) is 19.5 Å². The van der Waals surface area contributed by atoms with Gasteiger partial charge in [-0.1, -0.05) is 60.7 Å². The summed E-state index contributed by atoms with van der Waals surface area (Å²) in [4.78, 5) is 31.7. The maximum atomic E-state index is 13.7. The molecule has 0 bridgehead atoms.